The first kappa shape index (κ1) is 17.5. The maximum atomic E-state index is 12.2. The summed E-state index contributed by atoms with van der Waals surface area (Å²) in [6, 6.07) is 12.6. The van der Waals surface area contributed by atoms with Crippen LogP contribution in [0.25, 0.3) is 11.0 Å². The lowest BCUT2D eigenvalue weighted by Crippen LogP contribution is -2.17. The third kappa shape index (κ3) is 4.61. The van der Waals surface area contributed by atoms with E-state index in [0.29, 0.717) is 15.8 Å². The molecule has 5 nitrogen and oxygen atoms in total. The summed E-state index contributed by atoms with van der Waals surface area (Å²) in [6.07, 6.45) is 1.55. The predicted octanol–water partition coefficient (Wildman–Crippen LogP) is 4.48. The number of nitrogens with zero attached hydrogens (tertiary/aromatic N) is 2. The lowest BCUT2D eigenvalue weighted by Gasteiger charge is -2.00. The fraction of sp³-hybridized carbons (Fsp3) is 0.167. The molecule has 2 aromatic carbocycles. The van der Waals surface area contributed by atoms with E-state index in [1.165, 1.54) is 0 Å². The molecule has 0 spiro atoms. The van der Waals surface area contributed by atoms with E-state index >= 15 is 0 Å². The van der Waals surface area contributed by atoms with Gasteiger partial charge in [-0.15, -0.1) is 0 Å². The van der Waals surface area contributed by atoms with E-state index in [1.54, 1.807) is 42.2 Å². The van der Waals surface area contributed by atoms with Crippen LogP contribution in [0.3, 0.4) is 0 Å². The number of carbonyl (C=O) groups excluding carboxylic acids is 1. The molecule has 3 aromatic rings. The number of halogens is 1. The Morgan fingerprint density at radius 1 is 1.32 bits per heavy atom. The van der Waals surface area contributed by atoms with Crippen LogP contribution in [-0.2, 0) is 0 Å². The van der Waals surface area contributed by atoms with Gasteiger partial charge in [-0.1, -0.05) is 49.3 Å². The van der Waals surface area contributed by atoms with Crippen molar-refractivity contribution in [3.05, 3.63) is 58.6 Å². The number of hydrogen-bond acceptors (Lipinski definition) is 4. The Balaban J connectivity index is 1.71. The molecule has 0 bridgehead atoms. The van der Waals surface area contributed by atoms with Crippen LogP contribution in [0.4, 0.5) is 0 Å². The lowest BCUT2D eigenvalue weighted by atomic mass is 10.2. The molecule has 0 saturated heterocycles. The van der Waals surface area contributed by atoms with Crippen LogP contribution in [0, 0.1) is 0 Å². The smallest absolute Gasteiger partial charge is 0.271 e. The van der Waals surface area contributed by atoms with E-state index in [2.05, 4.69) is 34.3 Å². The highest BCUT2D eigenvalue weighted by molar-refractivity contribution is 7.99. The third-order valence-electron chi connectivity index (χ3n) is 3.30. The van der Waals surface area contributed by atoms with Gasteiger partial charge in [-0.3, -0.25) is 4.79 Å². The standard InChI is InChI=1S/C18H17ClN4OS/c1-11(2)25-18-21-15-7-6-13(9-16(15)22-18)17(24)23-20-10-12-4-3-5-14(19)8-12/h3-11H,1-2H3,(H,21,22)(H,23,24)/b20-10-. The fourth-order valence-corrected chi connectivity index (χ4v) is 3.19. The zero-order valence-electron chi connectivity index (χ0n) is 13.8. The number of thioether (sulfide) groups is 1. The Morgan fingerprint density at radius 3 is 2.92 bits per heavy atom. The second-order valence-corrected chi connectivity index (χ2v) is 7.70. The second kappa shape index (κ2) is 7.72. The molecule has 1 aromatic heterocycles. The summed E-state index contributed by atoms with van der Waals surface area (Å²) < 4.78 is 0. The van der Waals surface area contributed by atoms with E-state index in [-0.39, 0.29) is 5.91 Å². The summed E-state index contributed by atoms with van der Waals surface area (Å²) in [7, 11) is 0. The number of fused-ring (bicyclic) bond motifs is 1. The number of benzene rings is 2. The molecule has 0 radical (unpaired) electrons. The number of H-pyrrole nitrogens is 1. The molecule has 0 aliphatic carbocycles. The van der Waals surface area contributed by atoms with Crippen molar-refractivity contribution in [2.24, 2.45) is 5.10 Å². The number of hydrogen-bond donors (Lipinski definition) is 2. The van der Waals surface area contributed by atoms with Crippen LogP contribution in [0.1, 0.15) is 29.8 Å². The van der Waals surface area contributed by atoms with Crippen LogP contribution in [0.15, 0.2) is 52.7 Å². The van der Waals surface area contributed by atoms with Crippen molar-refractivity contribution in [2.45, 2.75) is 24.3 Å². The van der Waals surface area contributed by atoms with Gasteiger partial charge in [0, 0.05) is 15.8 Å². The highest BCUT2D eigenvalue weighted by Gasteiger charge is 2.09. The quantitative estimate of drug-likeness (QED) is 0.394. The minimum absolute atomic E-state index is 0.284. The van der Waals surface area contributed by atoms with Crippen molar-refractivity contribution in [3.63, 3.8) is 0 Å². The van der Waals surface area contributed by atoms with Gasteiger partial charge >= 0.3 is 0 Å². The van der Waals surface area contributed by atoms with Crippen molar-refractivity contribution in [2.75, 3.05) is 0 Å². The normalized spacial score (nSPS) is 11.5. The summed E-state index contributed by atoms with van der Waals surface area (Å²) in [5, 5.41) is 5.87. The third-order valence-corrected chi connectivity index (χ3v) is 4.42. The van der Waals surface area contributed by atoms with Gasteiger partial charge in [0.2, 0.25) is 0 Å². The zero-order valence-corrected chi connectivity index (χ0v) is 15.4. The van der Waals surface area contributed by atoms with Gasteiger partial charge in [0.25, 0.3) is 5.91 Å². The van der Waals surface area contributed by atoms with Gasteiger partial charge in [-0.2, -0.15) is 5.10 Å². The fourth-order valence-electron chi connectivity index (χ4n) is 2.22. The monoisotopic (exact) mass is 372 g/mol. The van der Waals surface area contributed by atoms with Gasteiger partial charge in [0.15, 0.2) is 5.16 Å². The van der Waals surface area contributed by atoms with Gasteiger partial charge in [0.1, 0.15) is 0 Å². The number of aromatic nitrogens is 2. The van der Waals surface area contributed by atoms with E-state index < -0.39 is 0 Å². The molecule has 1 amide bonds. The molecule has 0 unspecified atom stereocenters. The molecule has 3 rings (SSSR count). The van der Waals surface area contributed by atoms with Crippen LogP contribution < -0.4 is 5.43 Å². The molecular weight excluding hydrogens is 356 g/mol. The number of rotatable bonds is 5. The minimum Gasteiger partial charge on any atom is -0.333 e. The minimum atomic E-state index is -0.284. The molecule has 2 N–H and O–H groups in total. The number of carbonyl (C=O) groups is 1. The Bertz CT molecular complexity index is 936. The maximum absolute atomic E-state index is 12.2. The van der Waals surface area contributed by atoms with Gasteiger partial charge in [-0.05, 0) is 35.9 Å². The topological polar surface area (TPSA) is 70.1 Å². The molecule has 1 heterocycles. The van der Waals surface area contributed by atoms with Gasteiger partial charge in [0.05, 0.1) is 17.2 Å². The van der Waals surface area contributed by atoms with Gasteiger partial charge < -0.3 is 4.98 Å². The molecular formula is C18H17ClN4OS. The number of hydrazone groups is 1. The summed E-state index contributed by atoms with van der Waals surface area (Å²) in [5.74, 6) is -0.284. The Kier molecular flexibility index (Phi) is 5.40. The molecule has 0 fully saturated rings. The lowest BCUT2D eigenvalue weighted by molar-refractivity contribution is 0.0955. The predicted molar refractivity (Wildman–Crippen MR) is 104 cm³/mol. The number of nitrogens with one attached hydrogen (secondary N) is 2. The Morgan fingerprint density at radius 2 is 2.16 bits per heavy atom. The van der Waals surface area contributed by atoms with E-state index in [4.69, 9.17) is 11.6 Å². The number of aromatic amines is 1. The molecule has 0 saturated carbocycles. The highest BCUT2D eigenvalue weighted by atomic mass is 35.5. The van der Waals surface area contributed by atoms with E-state index in [1.807, 2.05) is 18.2 Å². The summed E-state index contributed by atoms with van der Waals surface area (Å²) in [6.45, 7) is 4.21. The maximum Gasteiger partial charge on any atom is 0.271 e. The average molecular weight is 373 g/mol. The Hall–Kier alpha value is -2.31. The highest BCUT2D eigenvalue weighted by Crippen LogP contribution is 2.23. The summed E-state index contributed by atoms with van der Waals surface area (Å²) >= 11 is 7.56. The van der Waals surface area contributed by atoms with Crippen molar-refractivity contribution in [1.82, 2.24) is 15.4 Å². The molecule has 0 atom stereocenters. The molecule has 0 aliphatic heterocycles. The number of imidazole rings is 1. The number of amides is 1. The molecule has 25 heavy (non-hydrogen) atoms. The first-order valence-electron chi connectivity index (χ1n) is 7.76. The zero-order chi connectivity index (χ0) is 17.8. The van der Waals surface area contributed by atoms with E-state index in [0.717, 1.165) is 21.8 Å². The molecule has 0 aliphatic rings. The Labute approximate surface area is 154 Å². The summed E-state index contributed by atoms with van der Waals surface area (Å²) in [5.41, 5.74) is 5.51. The van der Waals surface area contributed by atoms with Crippen LogP contribution in [0.2, 0.25) is 5.02 Å². The largest absolute Gasteiger partial charge is 0.333 e. The molecule has 128 valence electrons. The second-order valence-electron chi connectivity index (χ2n) is 5.69. The molecule has 7 heteroatoms. The van der Waals surface area contributed by atoms with E-state index in [9.17, 15) is 4.79 Å². The van der Waals surface area contributed by atoms with Crippen LogP contribution in [-0.4, -0.2) is 27.3 Å². The summed E-state index contributed by atoms with van der Waals surface area (Å²) in [4.78, 5) is 20.0. The average Bonchev–Trinajstić information content (AvgIpc) is 2.95. The van der Waals surface area contributed by atoms with Crippen molar-refractivity contribution >= 4 is 46.5 Å². The van der Waals surface area contributed by atoms with Crippen LogP contribution >= 0.6 is 23.4 Å². The van der Waals surface area contributed by atoms with Crippen molar-refractivity contribution in [3.8, 4) is 0 Å². The van der Waals surface area contributed by atoms with Gasteiger partial charge in [-0.25, -0.2) is 10.4 Å². The van der Waals surface area contributed by atoms with Crippen molar-refractivity contribution in [1.29, 1.82) is 0 Å². The first-order chi connectivity index (χ1) is 12.0. The SMILES string of the molecule is CC(C)Sc1nc2ccc(C(=O)N/N=C\c3cccc(Cl)c3)cc2[nH]1. The van der Waals surface area contributed by atoms with Crippen molar-refractivity contribution < 1.29 is 4.79 Å². The van der Waals surface area contributed by atoms with Crippen LogP contribution in [0.5, 0.6) is 0 Å². The first-order valence-corrected chi connectivity index (χ1v) is 9.02.